The van der Waals surface area contributed by atoms with Crippen molar-refractivity contribution < 1.29 is 9.47 Å². The monoisotopic (exact) mass is 241 g/mol. The molecule has 0 spiro atoms. The van der Waals surface area contributed by atoms with Crippen LogP contribution in [0.3, 0.4) is 0 Å². The first-order chi connectivity index (χ1) is 7.68. The van der Waals surface area contributed by atoms with E-state index in [1.807, 2.05) is 19.2 Å². The van der Waals surface area contributed by atoms with Gasteiger partial charge in [-0.25, -0.2) is 0 Å². The molecule has 3 nitrogen and oxygen atoms in total. The molecule has 1 aliphatic carbocycles. The van der Waals surface area contributed by atoms with E-state index in [4.69, 9.17) is 21.1 Å². The highest BCUT2D eigenvalue weighted by molar-refractivity contribution is 6.33. The molecule has 16 heavy (non-hydrogen) atoms. The van der Waals surface area contributed by atoms with E-state index in [9.17, 15) is 0 Å². The molecule has 2 rings (SSSR count). The number of hydrogen-bond donors (Lipinski definition) is 1. The highest BCUT2D eigenvalue weighted by Crippen LogP contribution is 2.51. The third-order valence-electron chi connectivity index (χ3n) is 3.23. The fraction of sp³-hybridized carbons (Fsp3) is 0.500. The van der Waals surface area contributed by atoms with Crippen LogP contribution in [0.2, 0.25) is 5.02 Å². The second-order valence-corrected chi connectivity index (χ2v) is 4.37. The van der Waals surface area contributed by atoms with E-state index in [-0.39, 0.29) is 5.54 Å². The van der Waals surface area contributed by atoms with Crippen molar-refractivity contribution in [1.82, 2.24) is 5.32 Å². The largest absolute Gasteiger partial charge is 0.493 e. The van der Waals surface area contributed by atoms with Gasteiger partial charge in [0.05, 0.1) is 19.2 Å². The molecule has 88 valence electrons. The zero-order valence-corrected chi connectivity index (χ0v) is 10.5. The zero-order valence-electron chi connectivity index (χ0n) is 9.76. The lowest BCUT2D eigenvalue weighted by Gasteiger charge is -2.19. The van der Waals surface area contributed by atoms with Crippen LogP contribution in [0.5, 0.6) is 11.5 Å². The van der Waals surface area contributed by atoms with Gasteiger partial charge in [0.2, 0.25) is 0 Å². The van der Waals surface area contributed by atoms with Crippen LogP contribution < -0.4 is 14.8 Å². The Morgan fingerprint density at radius 2 is 1.94 bits per heavy atom. The van der Waals surface area contributed by atoms with Crippen LogP contribution in [0, 0.1) is 0 Å². The summed E-state index contributed by atoms with van der Waals surface area (Å²) < 4.78 is 10.5. The van der Waals surface area contributed by atoms with Gasteiger partial charge in [-0.15, -0.1) is 0 Å². The van der Waals surface area contributed by atoms with Crippen LogP contribution in [0.15, 0.2) is 12.1 Å². The lowest BCUT2D eigenvalue weighted by atomic mass is 10.0. The molecule has 0 heterocycles. The van der Waals surface area contributed by atoms with E-state index in [2.05, 4.69) is 5.32 Å². The summed E-state index contributed by atoms with van der Waals surface area (Å²) in [6.07, 6.45) is 2.22. The Balaban J connectivity index is 2.49. The third kappa shape index (κ3) is 1.64. The SMILES string of the molecule is CNC1(c2ccc(OC)c(OC)c2Cl)CC1. The van der Waals surface area contributed by atoms with Crippen molar-refractivity contribution in [1.29, 1.82) is 0 Å². The number of halogens is 1. The van der Waals surface area contributed by atoms with E-state index in [1.165, 1.54) is 0 Å². The smallest absolute Gasteiger partial charge is 0.179 e. The van der Waals surface area contributed by atoms with Crippen LogP contribution in [0.4, 0.5) is 0 Å². The Morgan fingerprint density at radius 3 is 2.38 bits per heavy atom. The molecule has 1 saturated carbocycles. The molecule has 0 unspecified atom stereocenters. The molecular formula is C12H16ClNO2. The second kappa shape index (κ2) is 4.15. The fourth-order valence-corrected chi connectivity index (χ4v) is 2.45. The molecule has 0 atom stereocenters. The van der Waals surface area contributed by atoms with Crippen molar-refractivity contribution >= 4 is 11.6 Å². The Kier molecular flexibility index (Phi) is 3.00. The fourth-order valence-electron chi connectivity index (χ4n) is 2.04. The third-order valence-corrected chi connectivity index (χ3v) is 3.60. The van der Waals surface area contributed by atoms with E-state index in [0.717, 1.165) is 18.4 Å². The van der Waals surface area contributed by atoms with Gasteiger partial charge in [0.15, 0.2) is 11.5 Å². The van der Waals surface area contributed by atoms with E-state index >= 15 is 0 Å². The maximum atomic E-state index is 6.35. The average molecular weight is 242 g/mol. The number of hydrogen-bond acceptors (Lipinski definition) is 3. The van der Waals surface area contributed by atoms with Crippen LogP contribution in [-0.2, 0) is 5.54 Å². The number of nitrogens with one attached hydrogen (secondary N) is 1. The highest BCUT2D eigenvalue weighted by Gasteiger charge is 2.44. The molecule has 0 bridgehead atoms. The summed E-state index contributed by atoms with van der Waals surface area (Å²) >= 11 is 6.35. The van der Waals surface area contributed by atoms with Crippen molar-refractivity contribution in [3.8, 4) is 11.5 Å². The summed E-state index contributed by atoms with van der Waals surface area (Å²) in [7, 11) is 5.17. The molecule has 0 radical (unpaired) electrons. The topological polar surface area (TPSA) is 30.5 Å². The summed E-state index contributed by atoms with van der Waals surface area (Å²) in [6.45, 7) is 0. The first kappa shape index (κ1) is 11.6. The first-order valence-electron chi connectivity index (χ1n) is 5.28. The van der Waals surface area contributed by atoms with Gasteiger partial charge in [0, 0.05) is 5.54 Å². The molecular weight excluding hydrogens is 226 g/mol. The molecule has 0 saturated heterocycles. The standard InChI is InChI=1S/C12H16ClNO2/c1-14-12(6-7-12)8-4-5-9(15-2)11(16-3)10(8)13/h4-5,14H,6-7H2,1-3H3. The van der Waals surface area contributed by atoms with Crippen molar-refractivity contribution in [2.24, 2.45) is 0 Å². The van der Waals surface area contributed by atoms with E-state index in [1.54, 1.807) is 14.2 Å². The van der Waals surface area contributed by atoms with Crippen molar-refractivity contribution in [3.05, 3.63) is 22.7 Å². The number of benzene rings is 1. The van der Waals surface area contributed by atoms with E-state index in [0.29, 0.717) is 16.5 Å². The Bertz CT molecular complexity index is 402. The van der Waals surface area contributed by atoms with Crippen molar-refractivity contribution in [3.63, 3.8) is 0 Å². The maximum Gasteiger partial charge on any atom is 0.179 e. The molecule has 1 aromatic carbocycles. The summed E-state index contributed by atoms with van der Waals surface area (Å²) in [5.74, 6) is 1.28. The molecule has 4 heteroatoms. The minimum absolute atomic E-state index is 0.0383. The number of ether oxygens (including phenoxy) is 2. The second-order valence-electron chi connectivity index (χ2n) is 3.99. The Hall–Kier alpha value is -0.930. The normalized spacial score (nSPS) is 17.0. The van der Waals surface area contributed by atoms with Crippen LogP contribution in [0.1, 0.15) is 18.4 Å². The van der Waals surface area contributed by atoms with Gasteiger partial charge < -0.3 is 14.8 Å². The zero-order chi connectivity index (χ0) is 11.8. The first-order valence-corrected chi connectivity index (χ1v) is 5.66. The Labute approximate surface area is 101 Å². The average Bonchev–Trinajstić information content (AvgIpc) is 3.09. The Morgan fingerprint density at radius 1 is 1.25 bits per heavy atom. The van der Waals surface area contributed by atoms with Gasteiger partial charge in [0.25, 0.3) is 0 Å². The highest BCUT2D eigenvalue weighted by atomic mass is 35.5. The molecule has 1 aromatic rings. The molecule has 1 N–H and O–H groups in total. The van der Waals surface area contributed by atoms with Crippen LogP contribution >= 0.6 is 11.6 Å². The van der Waals surface area contributed by atoms with Crippen LogP contribution in [-0.4, -0.2) is 21.3 Å². The molecule has 0 amide bonds. The van der Waals surface area contributed by atoms with Crippen molar-refractivity contribution in [2.75, 3.05) is 21.3 Å². The van der Waals surface area contributed by atoms with Gasteiger partial charge in [-0.3, -0.25) is 0 Å². The van der Waals surface area contributed by atoms with Crippen molar-refractivity contribution in [2.45, 2.75) is 18.4 Å². The summed E-state index contributed by atoms with van der Waals surface area (Å²) in [6, 6.07) is 3.91. The molecule has 0 aromatic heterocycles. The molecule has 1 fully saturated rings. The maximum absolute atomic E-state index is 6.35. The van der Waals surface area contributed by atoms with Gasteiger partial charge in [-0.2, -0.15) is 0 Å². The van der Waals surface area contributed by atoms with Gasteiger partial charge in [-0.05, 0) is 31.5 Å². The summed E-state index contributed by atoms with van der Waals surface area (Å²) in [5.41, 5.74) is 1.13. The molecule has 1 aliphatic rings. The quantitative estimate of drug-likeness (QED) is 0.879. The predicted molar refractivity (Wildman–Crippen MR) is 64.5 cm³/mol. The van der Waals surface area contributed by atoms with Gasteiger partial charge in [-0.1, -0.05) is 17.7 Å². The van der Waals surface area contributed by atoms with Gasteiger partial charge in [0.1, 0.15) is 0 Å². The minimum Gasteiger partial charge on any atom is -0.493 e. The lowest BCUT2D eigenvalue weighted by Crippen LogP contribution is -2.24. The summed E-state index contributed by atoms with van der Waals surface area (Å²) in [5, 5.41) is 3.96. The summed E-state index contributed by atoms with van der Waals surface area (Å²) in [4.78, 5) is 0. The predicted octanol–water partition coefficient (Wildman–Crippen LogP) is 2.57. The molecule has 0 aliphatic heterocycles. The minimum atomic E-state index is 0.0383. The lowest BCUT2D eigenvalue weighted by molar-refractivity contribution is 0.354. The number of rotatable bonds is 4. The number of methoxy groups -OCH3 is 2. The van der Waals surface area contributed by atoms with Crippen LogP contribution in [0.25, 0.3) is 0 Å². The van der Waals surface area contributed by atoms with E-state index < -0.39 is 0 Å². The van der Waals surface area contributed by atoms with Gasteiger partial charge >= 0.3 is 0 Å².